The number of amides is 4. The lowest BCUT2D eigenvalue weighted by molar-refractivity contribution is -0.145. The number of aromatic amines is 3. The Morgan fingerprint density at radius 3 is 1.35 bits per heavy atom. The van der Waals surface area contributed by atoms with Crippen LogP contribution in [0.15, 0.2) is 55.4 Å². The van der Waals surface area contributed by atoms with Crippen molar-refractivity contribution in [2.75, 3.05) is 56.7 Å². The maximum atomic E-state index is 12.4. The third-order valence-corrected chi connectivity index (χ3v) is 13.8. The maximum absolute atomic E-state index is 12.4. The van der Waals surface area contributed by atoms with E-state index in [4.69, 9.17) is 34.6 Å². The standard InChI is InChI=1S/2C17H20F3N5O2.C8H6ClN3O.C8H14F3N3O.ClH/c2*18-17(19,20)5-3-13(26)10-2-1-7-25(9-10)24-14-11-4-6-22-16(11)23-8-12(14)15(21)27;9-6-4-1-2-11-8(4)12-3-5(6)7(10)13;9-8(10,11)5-13-7(15)6-2-1-3-14(12)4-6;/h2*4,6,8,10H,1-3,5,7,9H2,(H2,21,27)(H2,22,23,24);1-3H,(H2,10,13)(H,11,12);6H,1-5,12H2,(H,13,15);1H/t2*10-;;6-;/m11.1./s1. The molecule has 0 unspecified atom stereocenters. The van der Waals surface area contributed by atoms with Gasteiger partial charge in [0.2, 0.25) is 5.91 Å². The summed E-state index contributed by atoms with van der Waals surface area (Å²) in [7, 11) is 0. The Kier molecular flexibility index (Phi) is 23.4. The lowest BCUT2D eigenvalue weighted by Gasteiger charge is -2.33. The van der Waals surface area contributed by atoms with Crippen molar-refractivity contribution in [2.24, 2.45) is 40.8 Å². The number of nitrogens with two attached hydrogens (primary N) is 4. The molecule has 9 rings (SSSR count). The average Bonchev–Trinajstić information content (AvgIpc) is 4.25. The average molecular weight is 1220 g/mol. The first-order valence-corrected chi connectivity index (χ1v) is 25.9. The number of hydrogen-bond donors (Lipinski definition) is 10. The van der Waals surface area contributed by atoms with Gasteiger partial charge in [-0.15, -0.1) is 12.4 Å². The number of nitrogens with zero attached hydrogens (tertiary/aromatic N) is 6. The molecule has 6 aromatic heterocycles. The number of hydrogen-bond acceptors (Lipinski definition) is 15. The summed E-state index contributed by atoms with van der Waals surface area (Å²) in [6.45, 7) is 1.46. The molecule has 4 amide bonds. The molecule has 0 bridgehead atoms. The van der Waals surface area contributed by atoms with Crippen LogP contribution in [0.4, 0.5) is 50.9 Å². The summed E-state index contributed by atoms with van der Waals surface area (Å²) in [5.41, 5.74) is 25.6. The topological polar surface area (TPSA) is 338 Å². The van der Waals surface area contributed by atoms with Crippen LogP contribution in [0, 0.1) is 17.8 Å². The van der Waals surface area contributed by atoms with Gasteiger partial charge in [0, 0.05) is 117 Å². The molecule has 3 saturated heterocycles. The first-order chi connectivity index (χ1) is 38.6. The number of primary amides is 3. The number of hydrazine groups is 3. The molecule has 0 spiro atoms. The minimum absolute atomic E-state index is 0. The molecule has 3 aliphatic rings. The van der Waals surface area contributed by atoms with Crippen molar-refractivity contribution >= 4 is 104 Å². The first-order valence-electron chi connectivity index (χ1n) is 25.6. The Hall–Kier alpha value is -7.32. The smallest absolute Gasteiger partial charge is 0.366 e. The van der Waals surface area contributed by atoms with Gasteiger partial charge in [0.25, 0.3) is 17.7 Å². The van der Waals surface area contributed by atoms with Crippen LogP contribution in [0.5, 0.6) is 0 Å². The number of pyridine rings is 3. The third-order valence-electron chi connectivity index (χ3n) is 13.4. The normalized spacial score (nSPS) is 18.0. The van der Waals surface area contributed by atoms with Crippen molar-refractivity contribution in [1.82, 2.24) is 50.2 Å². The van der Waals surface area contributed by atoms with Gasteiger partial charge in [-0.25, -0.2) is 30.0 Å². The monoisotopic (exact) mass is 1220 g/mol. The number of fused-ring (bicyclic) bond motifs is 3. The van der Waals surface area contributed by atoms with Gasteiger partial charge < -0.3 is 48.3 Å². The Balaban J connectivity index is 0.000000211. The van der Waals surface area contributed by atoms with E-state index in [1.165, 1.54) is 23.6 Å². The van der Waals surface area contributed by atoms with Crippen molar-refractivity contribution in [3.05, 3.63) is 77.1 Å². The Morgan fingerprint density at radius 2 is 0.952 bits per heavy atom. The summed E-state index contributed by atoms with van der Waals surface area (Å²) in [5, 5.41) is 9.19. The van der Waals surface area contributed by atoms with Crippen LogP contribution < -0.4 is 39.2 Å². The highest BCUT2D eigenvalue weighted by molar-refractivity contribution is 6.38. The number of halogens is 11. The zero-order valence-corrected chi connectivity index (χ0v) is 45.7. The van der Waals surface area contributed by atoms with E-state index in [1.54, 1.807) is 46.8 Å². The number of carbonyl (C=O) groups excluding carboxylic acids is 6. The number of anilines is 2. The minimum atomic E-state index is -4.35. The van der Waals surface area contributed by atoms with Crippen LogP contribution in [0.1, 0.15) is 95.3 Å². The number of H-pyrrole nitrogens is 3. The summed E-state index contributed by atoms with van der Waals surface area (Å²) in [5.74, 6) is 0.873. The van der Waals surface area contributed by atoms with E-state index in [9.17, 15) is 68.3 Å². The molecule has 3 aliphatic heterocycles. The van der Waals surface area contributed by atoms with E-state index in [-0.39, 0.29) is 42.2 Å². The Morgan fingerprint density at radius 1 is 0.566 bits per heavy atom. The zero-order chi connectivity index (χ0) is 60.1. The molecule has 9 heterocycles. The van der Waals surface area contributed by atoms with Gasteiger partial charge in [0.1, 0.15) is 35.1 Å². The fraction of sp³-hybridized carbons (Fsp3) is 0.460. The quantitative estimate of drug-likeness (QED) is 0.0359. The molecule has 3 atom stereocenters. The second kappa shape index (κ2) is 29.3. The summed E-state index contributed by atoms with van der Waals surface area (Å²) >= 11 is 5.92. The Bertz CT molecular complexity index is 3070. The van der Waals surface area contributed by atoms with Crippen LogP contribution >= 0.6 is 24.0 Å². The highest BCUT2D eigenvalue weighted by Gasteiger charge is 2.35. The number of nitrogens with one attached hydrogen (secondary N) is 6. The van der Waals surface area contributed by atoms with Crippen LogP contribution in [0.2, 0.25) is 5.02 Å². The molecule has 454 valence electrons. The van der Waals surface area contributed by atoms with Crippen molar-refractivity contribution in [2.45, 2.75) is 82.7 Å². The van der Waals surface area contributed by atoms with Crippen molar-refractivity contribution in [3.63, 3.8) is 0 Å². The largest absolute Gasteiger partial charge is 0.405 e. The SMILES string of the molecule is Cl.NC(=O)c1cnc2[nH]ccc2c1Cl.NC(=O)c1cnc2[nH]ccc2c1NN1CCC[C@@H](C(=O)CCC(F)(F)F)C1.NC(=O)c1cnc2[nH]ccc2c1NN1CCC[C@@H](C(=O)CCC(F)(F)F)C1.NN1CCC[C@@H](C(=O)NCC(F)(F)F)C1. The van der Waals surface area contributed by atoms with E-state index in [2.05, 4.69) is 40.8 Å². The van der Waals surface area contributed by atoms with Crippen LogP contribution in [-0.2, 0) is 14.4 Å². The fourth-order valence-corrected chi connectivity index (χ4v) is 9.56. The van der Waals surface area contributed by atoms with Gasteiger partial charge >= 0.3 is 18.5 Å². The summed E-state index contributed by atoms with van der Waals surface area (Å²) in [4.78, 5) is 90.9. The lowest BCUT2D eigenvalue weighted by atomic mass is 9.92. The molecule has 33 heteroatoms. The van der Waals surface area contributed by atoms with E-state index in [0.29, 0.717) is 108 Å². The van der Waals surface area contributed by atoms with Crippen LogP contribution in [0.3, 0.4) is 0 Å². The molecule has 14 N–H and O–H groups in total. The molecule has 3 fully saturated rings. The number of Topliss-reactive ketones (excluding diaryl/α,β-unsaturated/α-hetero) is 2. The summed E-state index contributed by atoms with van der Waals surface area (Å²) < 4.78 is 110. The molecule has 0 radical (unpaired) electrons. The number of carbonyl (C=O) groups is 6. The van der Waals surface area contributed by atoms with Crippen molar-refractivity contribution < 1.29 is 68.3 Å². The molecule has 0 aliphatic carbocycles. The predicted molar refractivity (Wildman–Crippen MR) is 290 cm³/mol. The third kappa shape index (κ3) is 19.7. The van der Waals surface area contributed by atoms with Crippen LogP contribution in [-0.4, -0.2) is 144 Å². The van der Waals surface area contributed by atoms with Gasteiger partial charge in [-0.05, 0) is 56.7 Å². The molecule has 0 saturated carbocycles. The molecular weight excluding hydrogens is 1160 g/mol. The number of alkyl halides is 9. The van der Waals surface area contributed by atoms with Gasteiger partial charge in [-0.2, -0.15) is 39.5 Å². The number of aromatic nitrogens is 6. The molecule has 0 aromatic carbocycles. The number of ketones is 2. The van der Waals surface area contributed by atoms with E-state index >= 15 is 0 Å². The van der Waals surface area contributed by atoms with E-state index in [0.717, 1.165) is 6.42 Å². The minimum Gasteiger partial charge on any atom is -0.366 e. The van der Waals surface area contributed by atoms with Crippen LogP contribution in [0.25, 0.3) is 33.1 Å². The molecule has 83 heavy (non-hydrogen) atoms. The highest BCUT2D eigenvalue weighted by Crippen LogP contribution is 2.32. The lowest BCUT2D eigenvalue weighted by Crippen LogP contribution is -2.47. The van der Waals surface area contributed by atoms with E-state index in [1.807, 2.05) is 5.32 Å². The fourth-order valence-electron chi connectivity index (χ4n) is 9.27. The second-order valence-electron chi connectivity index (χ2n) is 19.5. The number of piperidine rings is 3. The predicted octanol–water partition coefficient (Wildman–Crippen LogP) is 7.21. The van der Waals surface area contributed by atoms with Gasteiger partial charge in [-0.3, -0.25) is 34.6 Å². The summed E-state index contributed by atoms with van der Waals surface area (Å²) in [6.07, 6.45) is -3.37. The number of rotatable bonds is 15. The molecule has 6 aromatic rings. The first kappa shape index (κ1) is 66.5. The Labute approximate surface area is 478 Å². The van der Waals surface area contributed by atoms with Gasteiger partial charge in [0.05, 0.1) is 51.8 Å². The highest BCUT2D eigenvalue weighted by atomic mass is 35.5. The van der Waals surface area contributed by atoms with Crippen molar-refractivity contribution in [1.29, 1.82) is 0 Å². The van der Waals surface area contributed by atoms with E-state index < -0.39 is 104 Å². The summed E-state index contributed by atoms with van der Waals surface area (Å²) in [6, 6.07) is 5.23. The second-order valence-corrected chi connectivity index (χ2v) is 19.9. The molecular formula is C50H61Cl2F9N16O6. The van der Waals surface area contributed by atoms with Gasteiger partial charge in [0.15, 0.2) is 0 Å². The molecule has 22 nitrogen and oxygen atoms in total. The maximum Gasteiger partial charge on any atom is 0.405 e. The zero-order valence-electron chi connectivity index (χ0n) is 44.1. The van der Waals surface area contributed by atoms with Gasteiger partial charge in [-0.1, -0.05) is 11.6 Å². The van der Waals surface area contributed by atoms with Crippen molar-refractivity contribution in [3.8, 4) is 0 Å².